The maximum Gasteiger partial charge on any atom is 0.233 e. The van der Waals surface area contributed by atoms with Crippen LogP contribution in [0.25, 0.3) is 0 Å². The number of hydrogen-bond donors (Lipinski definition) is 0. The van der Waals surface area contributed by atoms with Crippen LogP contribution in [0.5, 0.6) is 0 Å². The summed E-state index contributed by atoms with van der Waals surface area (Å²) >= 11 is 7.64. The van der Waals surface area contributed by atoms with Crippen molar-refractivity contribution in [2.75, 3.05) is 5.75 Å². The van der Waals surface area contributed by atoms with Crippen LogP contribution in [0.2, 0.25) is 5.02 Å². The van der Waals surface area contributed by atoms with Gasteiger partial charge in [-0.2, -0.15) is 0 Å². The maximum absolute atomic E-state index is 13.7. The molecule has 4 aliphatic carbocycles. The highest BCUT2D eigenvalue weighted by molar-refractivity contribution is 7.99. The van der Waals surface area contributed by atoms with Crippen LogP contribution in [0.1, 0.15) is 56.8 Å². The second-order valence-corrected chi connectivity index (χ2v) is 11.2. The highest BCUT2D eigenvalue weighted by Crippen LogP contribution is 2.58. The lowest BCUT2D eigenvalue weighted by Crippen LogP contribution is -2.61. The Labute approximate surface area is 193 Å². The second kappa shape index (κ2) is 8.43. The van der Waals surface area contributed by atoms with E-state index >= 15 is 0 Å². The fourth-order valence-corrected chi connectivity index (χ4v) is 7.77. The molecule has 1 aromatic carbocycles. The van der Waals surface area contributed by atoms with Gasteiger partial charge in [0.15, 0.2) is 5.16 Å². The van der Waals surface area contributed by atoms with Crippen molar-refractivity contribution in [3.05, 3.63) is 40.7 Å². The zero-order valence-electron chi connectivity index (χ0n) is 18.4. The molecule has 0 radical (unpaired) electrons. The van der Waals surface area contributed by atoms with E-state index in [9.17, 15) is 4.79 Å². The number of benzene rings is 1. The van der Waals surface area contributed by atoms with E-state index in [0.717, 1.165) is 45.9 Å². The highest BCUT2D eigenvalue weighted by Gasteiger charge is 2.54. The molecule has 7 heteroatoms. The SMILES string of the molecule is CCn1c(C)nnc1SCC(=O)N(Cc1ccc(Cl)cc1)C12CC3CC(CC(C3)C1)C2. The summed E-state index contributed by atoms with van der Waals surface area (Å²) in [6.07, 6.45) is 7.63. The van der Waals surface area contributed by atoms with Crippen LogP contribution >= 0.6 is 23.4 Å². The average Bonchev–Trinajstić information content (AvgIpc) is 3.10. The standard InChI is InChI=1S/C24H31ClN4OS/c1-3-28-16(2)26-27-23(28)31-15-22(30)29(14-17-4-6-21(25)7-5-17)24-11-18-8-19(12-24)10-20(9-18)13-24/h4-7,18-20H,3,8-15H2,1-2H3. The molecule has 1 aromatic heterocycles. The fraction of sp³-hybridized carbons (Fsp3) is 0.625. The Morgan fingerprint density at radius 2 is 1.74 bits per heavy atom. The monoisotopic (exact) mass is 458 g/mol. The molecule has 4 bridgehead atoms. The zero-order valence-corrected chi connectivity index (χ0v) is 20.0. The van der Waals surface area contributed by atoms with Crippen molar-refractivity contribution in [3.63, 3.8) is 0 Å². The van der Waals surface area contributed by atoms with E-state index in [1.54, 1.807) is 0 Å². The van der Waals surface area contributed by atoms with E-state index in [2.05, 4.69) is 38.7 Å². The summed E-state index contributed by atoms with van der Waals surface area (Å²) in [5.74, 6) is 3.93. The number of rotatable bonds is 7. The second-order valence-electron chi connectivity index (χ2n) is 9.81. The predicted octanol–water partition coefficient (Wildman–Crippen LogP) is 5.35. The molecule has 0 aliphatic heterocycles. The summed E-state index contributed by atoms with van der Waals surface area (Å²) in [6.45, 7) is 5.54. The minimum absolute atomic E-state index is 0.0281. The normalized spacial score (nSPS) is 28.8. The van der Waals surface area contributed by atoms with Crippen LogP contribution in [-0.2, 0) is 17.9 Å². The van der Waals surface area contributed by atoms with Crippen LogP contribution in [-0.4, -0.2) is 36.9 Å². The van der Waals surface area contributed by atoms with E-state index in [1.807, 2.05) is 19.1 Å². The molecular weight excluding hydrogens is 428 g/mol. The van der Waals surface area contributed by atoms with Crippen molar-refractivity contribution < 1.29 is 4.79 Å². The number of thioether (sulfide) groups is 1. The molecule has 4 saturated carbocycles. The van der Waals surface area contributed by atoms with Gasteiger partial charge in [-0.1, -0.05) is 35.5 Å². The van der Waals surface area contributed by atoms with Crippen molar-refractivity contribution in [2.45, 2.75) is 76.2 Å². The van der Waals surface area contributed by atoms with Gasteiger partial charge in [0.2, 0.25) is 5.91 Å². The number of amides is 1. The number of nitrogens with zero attached hydrogens (tertiary/aromatic N) is 4. The quantitative estimate of drug-likeness (QED) is 0.525. The Kier molecular flexibility index (Phi) is 5.80. The molecule has 0 N–H and O–H groups in total. The van der Waals surface area contributed by atoms with E-state index < -0.39 is 0 Å². The molecule has 0 spiro atoms. The van der Waals surface area contributed by atoms with Gasteiger partial charge >= 0.3 is 0 Å². The van der Waals surface area contributed by atoms with Crippen LogP contribution in [0.3, 0.4) is 0 Å². The van der Waals surface area contributed by atoms with Gasteiger partial charge in [-0.15, -0.1) is 10.2 Å². The minimum Gasteiger partial charge on any atom is -0.332 e. The van der Waals surface area contributed by atoms with E-state index in [-0.39, 0.29) is 11.4 Å². The van der Waals surface area contributed by atoms with E-state index in [0.29, 0.717) is 12.3 Å². The molecule has 31 heavy (non-hydrogen) atoms. The van der Waals surface area contributed by atoms with Crippen molar-refractivity contribution >= 4 is 29.3 Å². The van der Waals surface area contributed by atoms with Crippen molar-refractivity contribution in [2.24, 2.45) is 17.8 Å². The van der Waals surface area contributed by atoms with E-state index in [1.165, 1.54) is 50.3 Å². The van der Waals surface area contributed by atoms with Crippen molar-refractivity contribution in [1.82, 2.24) is 19.7 Å². The lowest BCUT2D eigenvalue weighted by molar-refractivity contribution is -0.149. The summed E-state index contributed by atoms with van der Waals surface area (Å²) in [6, 6.07) is 7.99. The van der Waals surface area contributed by atoms with Gasteiger partial charge in [0.25, 0.3) is 0 Å². The van der Waals surface area contributed by atoms with Gasteiger partial charge < -0.3 is 9.47 Å². The number of carbonyl (C=O) groups excluding carboxylic acids is 1. The molecule has 5 nitrogen and oxygen atoms in total. The zero-order chi connectivity index (χ0) is 21.6. The molecular formula is C24H31ClN4OS. The average molecular weight is 459 g/mol. The lowest BCUT2D eigenvalue weighted by atomic mass is 9.52. The third-order valence-corrected chi connectivity index (χ3v) is 8.88. The lowest BCUT2D eigenvalue weighted by Gasteiger charge is -2.60. The fourth-order valence-electron chi connectivity index (χ4n) is 6.72. The Morgan fingerprint density at radius 1 is 1.13 bits per heavy atom. The molecule has 4 fully saturated rings. The predicted molar refractivity (Wildman–Crippen MR) is 124 cm³/mol. The third kappa shape index (κ3) is 4.13. The van der Waals surface area contributed by atoms with Gasteiger partial charge in [-0.25, -0.2) is 0 Å². The Morgan fingerprint density at radius 3 is 2.32 bits per heavy atom. The number of aryl methyl sites for hydroxylation is 1. The minimum atomic E-state index is 0.0281. The first-order valence-corrected chi connectivity index (χ1v) is 12.9. The van der Waals surface area contributed by atoms with Crippen LogP contribution in [0.15, 0.2) is 29.4 Å². The van der Waals surface area contributed by atoms with Gasteiger partial charge in [0.1, 0.15) is 5.82 Å². The summed E-state index contributed by atoms with van der Waals surface area (Å²) in [5.41, 5.74) is 1.19. The molecule has 1 heterocycles. The number of aromatic nitrogens is 3. The van der Waals surface area contributed by atoms with Crippen LogP contribution in [0, 0.1) is 24.7 Å². The summed E-state index contributed by atoms with van der Waals surface area (Å²) in [5, 5.41) is 10.1. The summed E-state index contributed by atoms with van der Waals surface area (Å²) in [4.78, 5) is 16.0. The molecule has 4 aliphatic rings. The van der Waals surface area contributed by atoms with Crippen LogP contribution in [0.4, 0.5) is 0 Å². The first kappa shape index (κ1) is 21.3. The van der Waals surface area contributed by atoms with Crippen molar-refractivity contribution in [3.8, 4) is 0 Å². The highest BCUT2D eigenvalue weighted by atomic mass is 35.5. The number of carbonyl (C=O) groups is 1. The number of hydrogen-bond acceptors (Lipinski definition) is 4. The van der Waals surface area contributed by atoms with Gasteiger partial charge in [0, 0.05) is 23.7 Å². The Balaban J connectivity index is 1.39. The van der Waals surface area contributed by atoms with E-state index in [4.69, 9.17) is 11.6 Å². The number of halogens is 1. The molecule has 166 valence electrons. The largest absolute Gasteiger partial charge is 0.332 e. The first-order chi connectivity index (χ1) is 15.0. The maximum atomic E-state index is 13.7. The van der Waals surface area contributed by atoms with Gasteiger partial charge in [-0.3, -0.25) is 4.79 Å². The summed E-state index contributed by atoms with van der Waals surface area (Å²) < 4.78 is 2.08. The Hall–Kier alpha value is -1.53. The first-order valence-electron chi connectivity index (χ1n) is 11.5. The molecule has 0 saturated heterocycles. The van der Waals surface area contributed by atoms with Gasteiger partial charge in [0.05, 0.1) is 5.75 Å². The van der Waals surface area contributed by atoms with Crippen LogP contribution < -0.4 is 0 Å². The van der Waals surface area contributed by atoms with Gasteiger partial charge in [-0.05, 0) is 87.8 Å². The third-order valence-electron chi connectivity index (χ3n) is 7.68. The molecule has 1 amide bonds. The smallest absolute Gasteiger partial charge is 0.233 e. The topological polar surface area (TPSA) is 51.0 Å². The Bertz CT molecular complexity index is 922. The molecule has 2 aromatic rings. The molecule has 0 unspecified atom stereocenters. The van der Waals surface area contributed by atoms with Crippen molar-refractivity contribution in [1.29, 1.82) is 0 Å². The summed E-state index contributed by atoms with van der Waals surface area (Å²) in [7, 11) is 0. The molecule has 6 rings (SSSR count). The molecule has 0 atom stereocenters.